The molecule has 3 N–H and O–H groups in total. The number of halogens is 1. The Hall–Kier alpha value is -3.69. The molecule has 1 aromatic heterocycles. The summed E-state index contributed by atoms with van der Waals surface area (Å²) in [7, 11) is 0. The molecule has 1 atom stereocenters. The molecule has 1 aliphatic heterocycles. The maximum Gasteiger partial charge on any atom is 0.410 e. The molecular formula is C25H34FN5O4. The Bertz CT molecular complexity index is 1030. The van der Waals surface area contributed by atoms with Gasteiger partial charge < -0.3 is 25.6 Å². The second-order valence-electron chi connectivity index (χ2n) is 9.15. The summed E-state index contributed by atoms with van der Waals surface area (Å²) in [4.78, 5) is 44.2. The van der Waals surface area contributed by atoms with E-state index in [1.54, 1.807) is 49.9 Å². The molecule has 1 unspecified atom stereocenters. The van der Waals surface area contributed by atoms with Crippen molar-refractivity contribution in [3.05, 3.63) is 54.0 Å². The third-order valence-corrected chi connectivity index (χ3v) is 5.11. The molecule has 3 rings (SSSR count). The topological polar surface area (TPSA) is 118 Å². The zero-order valence-electron chi connectivity index (χ0n) is 20.9. The van der Waals surface area contributed by atoms with Crippen LogP contribution in [0, 0.1) is 5.82 Å². The van der Waals surface area contributed by atoms with Crippen molar-refractivity contribution in [1.82, 2.24) is 14.8 Å². The first kappa shape index (κ1) is 27.6. The highest BCUT2D eigenvalue weighted by molar-refractivity contribution is 6.39. The minimum atomic E-state index is -0.744. The van der Waals surface area contributed by atoms with Gasteiger partial charge in [-0.05, 0) is 57.9 Å². The van der Waals surface area contributed by atoms with E-state index in [-0.39, 0.29) is 24.9 Å². The molecule has 0 spiro atoms. The first-order chi connectivity index (χ1) is 16.4. The summed E-state index contributed by atoms with van der Waals surface area (Å²) >= 11 is 0. The van der Waals surface area contributed by atoms with Crippen LogP contribution in [0.1, 0.15) is 40.2 Å². The Labute approximate surface area is 205 Å². The molecule has 0 bridgehead atoms. The molecule has 2 heterocycles. The number of anilines is 2. The molecule has 2 aromatic rings. The first-order valence-electron chi connectivity index (χ1n) is 11.5. The van der Waals surface area contributed by atoms with E-state index in [0.29, 0.717) is 24.5 Å². The van der Waals surface area contributed by atoms with E-state index in [0.717, 1.165) is 5.56 Å². The smallest absolute Gasteiger partial charge is 0.410 e. The van der Waals surface area contributed by atoms with Crippen LogP contribution in [-0.4, -0.2) is 64.0 Å². The van der Waals surface area contributed by atoms with E-state index < -0.39 is 23.5 Å². The quantitative estimate of drug-likeness (QED) is 0.627. The van der Waals surface area contributed by atoms with Crippen LogP contribution in [0.2, 0.25) is 0 Å². The minimum absolute atomic E-state index is 0.178. The number of aromatic nitrogens is 1. The Balaban J connectivity index is 0.000000527. The summed E-state index contributed by atoms with van der Waals surface area (Å²) in [5, 5.41) is 2.57. The van der Waals surface area contributed by atoms with Gasteiger partial charge in [-0.25, -0.2) is 14.2 Å². The number of rotatable bonds is 2. The Morgan fingerprint density at radius 3 is 2.37 bits per heavy atom. The van der Waals surface area contributed by atoms with Crippen molar-refractivity contribution in [2.75, 3.05) is 30.7 Å². The molecular weight excluding hydrogens is 453 g/mol. The van der Waals surface area contributed by atoms with E-state index in [2.05, 4.69) is 10.3 Å². The molecule has 35 heavy (non-hydrogen) atoms. The summed E-state index contributed by atoms with van der Waals surface area (Å²) in [6, 6.07) is 9.38. The number of hydrogen-bond acceptors (Lipinski definition) is 6. The molecule has 1 fully saturated rings. The number of carbonyl (C=O) groups is 3. The molecule has 190 valence electrons. The number of carbonyl (C=O) groups excluding carboxylic acids is 3. The lowest BCUT2D eigenvalue weighted by molar-refractivity contribution is -0.145. The normalized spacial score (nSPS) is 15.5. The van der Waals surface area contributed by atoms with Crippen molar-refractivity contribution < 1.29 is 23.5 Å². The lowest BCUT2D eigenvalue weighted by Gasteiger charge is -2.39. The standard InChI is InChI=1S/C19H29N5O4.C6H5F/c1-6-13-9-14(10-21-15(13)20)22-16(25)17(26)23-7-8-24(12(2)11-23)18(27)28-19(3,4)5;7-6-4-2-1-3-5-6/h9-10,12H,6-8,11H2,1-5H3,(H2,20,21)(H,22,25);1-5H. The number of nitrogens with one attached hydrogen (secondary N) is 1. The molecule has 3 amide bonds. The summed E-state index contributed by atoms with van der Waals surface area (Å²) in [6.45, 7) is 9.97. The van der Waals surface area contributed by atoms with Crippen molar-refractivity contribution in [2.24, 2.45) is 0 Å². The van der Waals surface area contributed by atoms with E-state index in [4.69, 9.17) is 10.5 Å². The second kappa shape index (κ2) is 12.1. The van der Waals surface area contributed by atoms with Gasteiger partial charge >= 0.3 is 17.9 Å². The van der Waals surface area contributed by atoms with Gasteiger partial charge in [0.15, 0.2) is 0 Å². The third-order valence-electron chi connectivity index (χ3n) is 5.11. The highest BCUT2D eigenvalue weighted by Gasteiger charge is 2.34. The Kier molecular flexibility index (Phi) is 9.56. The van der Waals surface area contributed by atoms with Crippen molar-refractivity contribution >= 4 is 29.4 Å². The van der Waals surface area contributed by atoms with E-state index in [9.17, 15) is 18.8 Å². The number of nitrogens with zero attached hydrogens (tertiary/aromatic N) is 3. The van der Waals surface area contributed by atoms with Crippen LogP contribution in [0.4, 0.5) is 20.7 Å². The number of aryl methyl sites for hydroxylation is 1. The zero-order chi connectivity index (χ0) is 26.2. The van der Waals surface area contributed by atoms with Gasteiger partial charge in [-0.3, -0.25) is 9.59 Å². The van der Waals surface area contributed by atoms with Gasteiger partial charge in [0, 0.05) is 25.7 Å². The highest BCUT2D eigenvalue weighted by atomic mass is 19.1. The Morgan fingerprint density at radius 1 is 1.20 bits per heavy atom. The molecule has 1 aromatic carbocycles. The van der Waals surface area contributed by atoms with Crippen LogP contribution in [0.25, 0.3) is 0 Å². The number of hydrogen-bond donors (Lipinski definition) is 2. The number of nitrogen functional groups attached to an aromatic ring is 1. The van der Waals surface area contributed by atoms with Gasteiger partial charge in [-0.15, -0.1) is 0 Å². The third kappa shape index (κ3) is 8.55. The number of ether oxygens (including phenoxy) is 1. The zero-order valence-corrected chi connectivity index (χ0v) is 20.9. The van der Waals surface area contributed by atoms with Crippen molar-refractivity contribution in [2.45, 2.75) is 52.7 Å². The Morgan fingerprint density at radius 2 is 1.86 bits per heavy atom. The van der Waals surface area contributed by atoms with Crippen LogP contribution in [-0.2, 0) is 20.7 Å². The SMILES string of the molecule is CCc1cc(NC(=O)C(=O)N2CCN(C(=O)OC(C)(C)C)C(C)C2)cnc1N.Fc1ccccc1. The molecule has 1 saturated heterocycles. The number of nitrogens with two attached hydrogens (primary N) is 1. The number of benzene rings is 1. The maximum absolute atomic E-state index is 12.5. The molecule has 0 aliphatic carbocycles. The second-order valence-corrected chi connectivity index (χ2v) is 9.15. The predicted molar refractivity (Wildman–Crippen MR) is 132 cm³/mol. The van der Waals surface area contributed by atoms with Crippen molar-refractivity contribution in [3.63, 3.8) is 0 Å². The molecule has 0 saturated carbocycles. The van der Waals surface area contributed by atoms with Gasteiger partial charge in [0.05, 0.1) is 11.9 Å². The van der Waals surface area contributed by atoms with Crippen LogP contribution >= 0.6 is 0 Å². The first-order valence-corrected chi connectivity index (χ1v) is 11.5. The fourth-order valence-corrected chi connectivity index (χ4v) is 3.35. The molecule has 10 heteroatoms. The van der Waals surface area contributed by atoms with Crippen LogP contribution in [0.3, 0.4) is 0 Å². The number of piperazine rings is 1. The van der Waals surface area contributed by atoms with E-state index in [1.807, 2.05) is 13.8 Å². The summed E-state index contributed by atoms with van der Waals surface area (Å²) in [5.74, 6) is -1.17. The van der Waals surface area contributed by atoms with Crippen molar-refractivity contribution in [3.8, 4) is 0 Å². The van der Waals surface area contributed by atoms with Crippen LogP contribution in [0.15, 0.2) is 42.6 Å². The predicted octanol–water partition coefficient (Wildman–Crippen LogP) is 3.46. The summed E-state index contributed by atoms with van der Waals surface area (Å²) in [6.07, 6.45) is 1.67. The molecule has 1 aliphatic rings. The molecule has 0 radical (unpaired) electrons. The average Bonchev–Trinajstić information content (AvgIpc) is 2.79. The highest BCUT2D eigenvalue weighted by Crippen LogP contribution is 2.17. The lowest BCUT2D eigenvalue weighted by atomic mass is 10.2. The van der Waals surface area contributed by atoms with Gasteiger partial charge in [-0.2, -0.15) is 0 Å². The van der Waals surface area contributed by atoms with Gasteiger partial charge in [-0.1, -0.05) is 25.1 Å². The number of pyridine rings is 1. The maximum atomic E-state index is 12.5. The van der Waals surface area contributed by atoms with Gasteiger partial charge in [0.25, 0.3) is 0 Å². The van der Waals surface area contributed by atoms with Crippen LogP contribution in [0.5, 0.6) is 0 Å². The van der Waals surface area contributed by atoms with Crippen molar-refractivity contribution in [1.29, 1.82) is 0 Å². The molecule has 9 nitrogen and oxygen atoms in total. The van der Waals surface area contributed by atoms with E-state index >= 15 is 0 Å². The monoisotopic (exact) mass is 487 g/mol. The average molecular weight is 488 g/mol. The summed E-state index contributed by atoms with van der Waals surface area (Å²) < 4.78 is 17.3. The number of amides is 3. The summed E-state index contributed by atoms with van der Waals surface area (Å²) in [5.41, 5.74) is 6.39. The minimum Gasteiger partial charge on any atom is -0.444 e. The van der Waals surface area contributed by atoms with Crippen LogP contribution < -0.4 is 11.1 Å². The largest absolute Gasteiger partial charge is 0.444 e. The fourth-order valence-electron chi connectivity index (χ4n) is 3.35. The van der Waals surface area contributed by atoms with E-state index in [1.165, 1.54) is 23.2 Å². The van der Waals surface area contributed by atoms with Gasteiger partial charge in [0.2, 0.25) is 0 Å². The lowest BCUT2D eigenvalue weighted by Crippen LogP contribution is -2.57. The fraction of sp³-hybridized carbons (Fsp3) is 0.440. The van der Waals surface area contributed by atoms with Gasteiger partial charge in [0.1, 0.15) is 17.2 Å².